The number of para-hydroxylation sites is 1. The molecule has 0 fully saturated rings. The summed E-state index contributed by atoms with van der Waals surface area (Å²) in [5.74, 6) is 0.334. The van der Waals surface area contributed by atoms with Gasteiger partial charge in [-0.05, 0) is 24.0 Å². The van der Waals surface area contributed by atoms with Gasteiger partial charge in [0.2, 0.25) is 0 Å². The van der Waals surface area contributed by atoms with Gasteiger partial charge in [0.1, 0.15) is 6.54 Å². The first-order valence-corrected chi connectivity index (χ1v) is 5.57. The number of carbonyl (C=O) groups excluding carboxylic acids is 1. The Morgan fingerprint density at radius 3 is 2.76 bits per heavy atom. The molecule has 0 spiro atoms. The SMILES string of the molecule is Cc1cccc(C(C)C)c1NC(=O)NCC#N. The third-order valence-corrected chi connectivity index (χ3v) is 2.49. The molecule has 0 unspecified atom stereocenters. The second-order valence-electron chi connectivity index (χ2n) is 4.16. The van der Waals surface area contributed by atoms with Crippen molar-refractivity contribution in [2.75, 3.05) is 11.9 Å². The highest BCUT2D eigenvalue weighted by atomic mass is 16.2. The van der Waals surface area contributed by atoms with E-state index in [2.05, 4.69) is 24.5 Å². The molecule has 4 heteroatoms. The summed E-state index contributed by atoms with van der Waals surface area (Å²) in [6, 6.07) is 7.44. The zero-order valence-electron chi connectivity index (χ0n) is 10.4. The Balaban J connectivity index is 2.90. The van der Waals surface area contributed by atoms with E-state index in [1.807, 2.05) is 31.2 Å². The normalized spacial score (nSPS) is 9.82. The predicted octanol–water partition coefficient (Wildman–Crippen LogP) is 2.76. The van der Waals surface area contributed by atoms with Gasteiger partial charge in [-0.15, -0.1) is 0 Å². The van der Waals surface area contributed by atoms with E-state index in [9.17, 15) is 4.79 Å². The summed E-state index contributed by atoms with van der Waals surface area (Å²) in [4.78, 5) is 11.5. The van der Waals surface area contributed by atoms with E-state index < -0.39 is 0 Å². The number of hydrogen-bond donors (Lipinski definition) is 2. The topological polar surface area (TPSA) is 64.9 Å². The highest BCUT2D eigenvalue weighted by Gasteiger charge is 2.11. The van der Waals surface area contributed by atoms with Crippen LogP contribution in [0.4, 0.5) is 10.5 Å². The Labute approximate surface area is 102 Å². The minimum Gasteiger partial charge on any atom is -0.325 e. The smallest absolute Gasteiger partial charge is 0.320 e. The number of carbonyl (C=O) groups is 1. The lowest BCUT2D eigenvalue weighted by Gasteiger charge is -2.16. The maximum absolute atomic E-state index is 11.5. The minimum absolute atomic E-state index is 0.00866. The van der Waals surface area contributed by atoms with Gasteiger partial charge in [-0.1, -0.05) is 32.0 Å². The molecular formula is C13H17N3O. The fraction of sp³-hybridized carbons (Fsp3) is 0.385. The zero-order chi connectivity index (χ0) is 12.8. The van der Waals surface area contributed by atoms with Crippen LogP contribution in [0.25, 0.3) is 0 Å². The first-order valence-electron chi connectivity index (χ1n) is 5.57. The molecule has 0 radical (unpaired) electrons. The molecule has 0 atom stereocenters. The van der Waals surface area contributed by atoms with Crippen molar-refractivity contribution < 1.29 is 4.79 Å². The molecule has 1 aromatic carbocycles. The molecule has 0 aromatic heterocycles. The van der Waals surface area contributed by atoms with E-state index in [0.29, 0.717) is 5.92 Å². The fourth-order valence-electron chi connectivity index (χ4n) is 1.62. The third kappa shape index (κ3) is 3.49. The lowest BCUT2D eigenvalue weighted by atomic mass is 9.98. The summed E-state index contributed by atoms with van der Waals surface area (Å²) in [7, 11) is 0. The molecule has 1 aromatic rings. The molecule has 90 valence electrons. The number of hydrogen-bond acceptors (Lipinski definition) is 2. The lowest BCUT2D eigenvalue weighted by molar-refractivity contribution is 0.253. The van der Waals surface area contributed by atoms with Crippen LogP contribution in [0.1, 0.15) is 30.9 Å². The maximum atomic E-state index is 11.5. The summed E-state index contributed by atoms with van der Waals surface area (Å²) in [5.41, 5.74) is 2.94. The molecule has 0 heterocycles. The van der Waals surface area contributed by atoms with Crippen molar-refractivity contribution in [3.05, 3.63) is 29.3 Å². The predicted molar refractivity (Wildman–Crippen MR) is 67.9 cm³/mol. The molecule has 4 nitrogen and oxygen atoms in total. The van der Waals surface area contributed by atoms with Crippen LogP contribution >= 0.6 is 0 Å². The molecule has 17 heavy (non-hydrogen) atoms. The summed E-state index contributed by atoms with van der Waals surface area (Å²) in [6.45, 7) is 6.11. The Morgan fingerprint density at radius 1 is 1.47 bits per heavy atom. The second kappa shape index (κ2) is 5.90. The van der Waals surface area contributed by atoms with Crippen LogP contribution in [0, 0.1) is 18.3 Å². The molecule has 2 amide bonds. The first kappa shape index (κ1) is 13.0. The zero-order valence-corrected chi connectivity index (χ0v) is 10.4. The summed E-state index contributed by atoms with van der Waals surface area (Å²) in [6.07, 6.45) is 0. The number of nitriles is 1. The minimum atomic E-state index is -0.345. The maximum Gasteiger partial charge on any atom is 0.320 e. The molecule has 2 N–H and O–H groups in total. The Kier molecular flexibility index (Phi) is 4.53. The van der Waals surface area contributed by atoms with Crippen molar-refractivity contribution in [1.82, 2.24) is 5.32 Å². The third-order valence-electron chi connectivity index (χ3n) is 2.49. The van der Waals surface area contributed by atoms with E-state index >= 15 is 0 Å². The molecule has 0 aliphatic carbocycles. The quantitative estimate of drug-likeness (QED) is 0.785. The first-order chi connectivity index (χ1) is 8.06. The van der Waals surface area contributed by atoms with Crippen molar-refractivity contribution in [1.29, 1.82) is 5.26 Å². The summed E-state index contributed by atoms with van der Waals surface area (Å²) < 4.78 is 0. The van der Waals surface area contributed by atoms with Gasteiger partial charge in [0.05, 0.1) is 6.07 Å². The van der Waals surface area contributed by atoms with E-state index in [-0.39, 0.29) is 12.6 Å². The van der Waals surface area contributed by atoms with E-state index in [1.54, 1.807) is 0 Å². The summed E-state index contributed by atoms with van der Waals surface area (Å²) in [5, 5.41) is 13.6. The number of aryl methyl sites for hydroxylation is 1. The lowest BCUT2D eigenvalue weighted by Crippen LogP contribution is -2.29. The largest absolute Gasteiger partial charge is 0.325 e. The molecule has 1 rings (SSSR count). The van der Waals surface area contributed by atoms with Crippen LogP contribution in [0.15, 0.2) is 18.2 Å². The second-order valence-corrected chi connectivity index (χ2v) is 4.16. The van der Waals surface area contributed by atoms with Crippen molar-refractivity contribution in [3.8, 4) is 6.07 Å². The number of nitrogens with one attached hydrogen (secondary N) is 2. The van der Waals surface area contributed by atoms with E-state index in [1.165, 1.54) is 0 Å². The van der Waals surface area contributed by atoms with Crippen molar-refractivity contribution >= 4 is 11.7 Å². The van der Waals surface area contributed by atoms with Gasteiger partial charge in [0.25, 0.3) is 0 Å². The monoisotopic (exact) mass is 231 g/mol. The van der Waals surface area contributed by atoms with Gasteiger partial charge < -0.3 is 10.6 Å². The van der Waals surface area contributed by atoms with Crippen LogP contribution in [-0.2, 0) is 0 Å². The van der Waals surface area contributed by atoms with Gasteiger partial charge in [0, 0.05) is 5.69 Å². The highest BCUT2D eigenvalue weighted by molar-refractivity contribution is 5.91. The molecule has 0 aliphatic heterocycles. The molecule has 0 aliphatic rings. The van der Waals surface area contributed by atoms with Crippen molar-refractivity contribution in [3.63, 3.8) is 0 Å². The number of nitrogens with zero attached hydrogens (tertiary/aromatic N) is 1. The molecule has 0 saturated heterocycles. The number of rotatable bonds is 3. The van der Waals surface area contributed by atoms with Crippen LogP contribution in [0.5, 0.6) is 0 Å². The van der Waals surface area contributed by atoms with E-state index in [0.717, 1.165) is 16.8 Å². The molecular weight excluding hydrogens is 214 g/mol. The molecule has 0 saturated carbocycles. The van der Waals surface area contributed by atoms with Gasteiger partial charge in [-0.3, -0.25) is 0 Å². The fourth-order valence-corrected chi connectivity index (χ4v) is 1.62. The molecule has 0 bridgehead atoms. The average Bonchev–Trinajstić information content (AvgIpc) is 2.28. The number of amides is 2. The van der Waals surface area contributed by atoms with Crippen molar-refractivity contribution in [2.45, 2.75) is 26.7 Å². The van der Waals surface area contributed by atoms with Gasteiger partial charge in [-0.2, -0.15) is 5.26 Å². The number of benzene rings is 1. The van der Waals surface area contributed by atoms with Crippen LogP contribution < -0.4 is 10.6 Å². The average molecular weight is 231 g/mol. The van der Waals surface area contributed by atoms with Crippen LogP contribution in [0.3, 0.4) is 0 Å². The van der Waals surface area contributed by atoms with Crippen LogP contribution in [0.2, 0.25) is 0 Å². The Bertz CT molecular complexity index is 446. The Hall–Kier alpha value is -2.02. The van der Waals surface area contributed by atoms with E-state index in [4.69, 9.17) is 5.26 Å². The standard InChI is InChI=1S/C13H17N3O/c1-9(2)11-6-4-5-10(3)12(11)16-13(17)15-8-7-14/h4-6,9H,8H2,1-3H3,(H2,15,16,17). The number of anilines is 1. The summed E-state index contributed by atoms with van der Waals surface area (Å²) >= 11 is 0. The number of urea groups is 1. The van der Waals surface area contributed by atoms with Gasteiger partial charge in [0.15, 0.2) is 0 Å². The van der Waals surface area contributed by atoms with Crippen molar-refractivity contribution in [2.24, 2.45) is 0 Å². The Morgan fingerprint density at radius 2 is 2.18 bits per heavy atom. The van der Waals surface area contributed by atoms with Gasteiger partial charge in [-0.25, -0.2) is 4.79 Å². The van der Waals surface area contributed by atoms with Crippen LogP contribution in [-0.4, -0.2) is 12.6 Å². The van der Waals surface area contributed by atoms with Gasteiger partial charge >= 0.3 is 6.03 Å². The highest BCUT2D eigenvalue weighted by Crippen LogP contribution is 2.27.